The van der Waals surface area contributed by atoms with Gasteiger partial charge < -0.3 is 5.32 Å². The molecule has 19 heavy (non-hydrogen) atoms. The Morgan fingerprint density at radius 3 is 2.74 bits per heavy atom. The van der Waals surface area contributed by atoms with Gasteiger partial charge >= 0.3 is 0 Å². The van der Waals surface area contributed by atoms with Crippen molar-refractivity contribution >= 4 is 27.3 Å². The number of rotatable bonds is 4. The van der Waals surface area contributed by atoms with Crippen LogP contribution < -0.4 is 5.32 Å². The van der Waals surface area contributed by atoms with Crippen LogP contribution in [0.4, 0.5) is 4.39 Å². The lowest BCUT2D eigenvalue weighted by molar-refractivity contribution is 0.284. The van der Waals surface area contributed by atoms with E-state index in [9.17, 15) is 4.39 Å². The van der Waals surface area contributed by atoms with Gasteiger partial charge in [0.15, 0.2) is 0 Å². The van der Waals surface area contributed by atoms with Gasteiger partial charge in [0.2, 0.25) is 0 Å². The van der Waals surface area contributed by atoms with E-state index in [1.165, 1.54) is 9.35 Å². The number of hydrogen-bond donors (Lipinski definition) is 1. The molecule has 0 saturated heterocycles. The van der Waals surface area contributed by atoms with Gasteiger partial charge in [0.05, 0.1) is 0 Å². The van der Waals surface area contributed by atoms with Gasteiger partial charge in [-0.3, -0.25) is 0 Å². The van der Waals surface area contributed by atoms with Crippen molar-refractivity contribution in [2.24, 2.45) is 0 Å². The first-order chi connectivity index (χ1) is 9.24. The maximum absolute atomic E-state index is 13.6. The SMILES string of the molecule is Fc1ccccc1C1CC(NCc2sccc2Br)C1. The molecular weight excluding hydrogens is 325 g/mol. The minimum Gasteiger partial charge on any atom is -0.309 e. The molecule has 1 aliphatic rings. The van der Waals surface area contributed by atoms with Gasteiger partial charge in [0.25, 0.3) is 0 Å². The fourth-order valence-corrected chi connectivity index (χ4v) is 3.98. The summed E-state index contributed by atoms with van der Waals surface area (Å²) >= 11 is 5.29. The summed E-state index contributed by atoms with van der Waals surface area (Å²) in [6.07, 6.45) is 2.06. The van der Waals surface area contributed by atoms with Gasteiger partial charge in [0.1, 0.15) is 5.82 Å². The second-order valence-electron chi connectivity index (χ2n) is 4.96. The number of benzene rings is 1. The topological polar surface area (TPSA) is 12.0 Å². The molecule has 1 saturated carbocycles. The number of thiophene rings is 1. The Bertz CT molecular complexity index is 563. The summed E-state index contributed by atoms with van der Waals surface area (Å²) in [7, 11) is 0. The molecule has 4 heteroatoms. The van der Waals surface area contributed by atoms with Crippen molar-refractivity contribution in [2.75, 3.05) is 0 Å². The molecule has 1 fully saturated rings. The Labute approximate surface area is 125 Å². The normalized spacial score (nSPS) is 22.2. The predicted molar refractivity (Wildman–Crippen MR) is 81.0 cm³/mol. The summed E-state index contributed by atoms with van der Waals surface area (Å²) < 4.78 is 14.8. The van der Waals surface area contributed by atoms with E-state index >= 15 is 0 Å². The standard InChI is InChI=1S/C15H15BrFNS/c16-13-5-6-19-15(13)9-18-11-7-10(8-11)12-3-1-2-4-14(12)17/h1-6,10-11,18H,7-9H2. The highest BCUT2D eigenvalue weighted by Gasteiger charge is 2.31. The van der Waals surface area contributed by atoms with E-state index in [-0.39, 0.29) is 5.82 Å². The molecule has 2 aromatic rings. The maximum Gasteiger partial charge on any atom is 0.126 e. The fraction of sp³-hybridized carbons (Fsp3) is 0.333. The van der Waals surface area contributed by atoms with Crippen LogP contribution in [0.25, 0.3) is 0 Å². The van der Waals surface area contributed by atoms with E-state index in [4.69, 9.17) is 0 Å². The smallest absolute Gasteiger partial charge is 0.126 e. The van der Waals surface area contributed by atoms with E-state index in [2.05, 4.69) is 32.7 Å². The highest BCUT2D eigenvalue weighted by molar-refractivity contribution is 9.10. The lowest BCUT2D eigenvalue weighted by Gasteiger charge is -2.36. The lowest BCUT2D eigenvalue weighted by Crippen LogP contribution is -2.39. The zero-order chi connectivity index (χ0) is 13.2. The summed E-state index contributed by atoms with van der Waals surface area (Å²) in [6.45, 7) is 0.896. The molecule has 0 atom stereocenters. The average molecular weight is 340 g/mol. The predicted octanol–water partition coefficient (Wildman–Crippen LogP) is 4.69. The van der Waals surface area contributed by atoms with Gasteiger partial charge in [-0.05, 0) is 57.8 Å². The molecule has 0 radical (unpaired) electrons. The highest BCUT2D eigenvalue weighted by atomic mass is 79.9. The Kier molecular flexibility index (Phi) is 4.01. The summed E-state index contributed by atoms with van der Waals surface area (Å²) in [6, 6.07) is 9.72. The van der Waals surface area contributed by atoms with E-state index in [1.54, 1.807) is 23.5 Å². The molecule has 0 spiro atoms. The van der Waals surface area contributed by atoms with Crippen molar-refractivity contribution < 1.29 is 4.39 Å². The summed E-state index contributed by atoms with van der Waals surface area (Å²) in [5, 5.41) is 5.63. The number of hydrogen-bond acceptors (Lipinski definition) is 2. The van der Waals surface area contributed by atoms with Crippen LogP contribution in [0.5, 0.6) is 0 Å². The average Bonchev–Trinajstić information content (AvgIpc) is 2.75. The molecule has 0 bridgehead atoms. The molecule has 1 aromatic heterocycles. The van der Waals surface area contributed by atoms with Crippen molar-refractivity contribution in [1.82, 2.24) is 5.32 Å². The van der Waals surface area contributed by atoms with E-state index in [0.717, 1.165) is 24.9 Å². The maximum atomic E-state index is 13.6. The molecule has 0 amide bonds. The summed E-state index contributed by atoms with van der Waals surface area (Å²) in [4.78, 5) is 1.33. The van der Waals surface area contributed by atoms with Crippen LogP contribution in [-0.2, 0) is 6.54 Å². The molecule has 0 unspecified atom stereocenters. The number of halogens is 2. The molecular formula is C15H15BrFNS. The summed E-state index contributed by atoms with van der Waals surface area (Å²) in [5.41, 5.74) is 0.873. The third-order valence-corrected chi connectivity index (χ3v) is 5.65. The highest BCUT2D eigenvalue weighted by Crippen LogP contribution is 2.38. The molecule has 0 aliphatic heterocycles. The minimum atomic E-state index is -0.0630. The van der Waals surface area contributed by atoms with Gasteiger partial charge in [-0.25, -0.2) is 4.39 Å². The second-order valence-corrected chi connectivity index (χ2v) is 6.81. The van der Waals surface area contributed by atoms with Gasteiger partial charge in [-0.2, -0.15) is 0 Å². The van der Waals surface area contributed by atoms with Crippen LogP contribution in [0.3, 0.4) is 0 Å². The van der Waals surface area contributed by atoms with E-state index in [0.29, 0.717) is 12.0 Å². The lowest BCUT2D eigenvalue weighted by atomic mass is 9.75. The van der Waals surface area contributed by atoms with Gasteiger partial charge in [-0.15, -0.1) is 11.3 Å². The summed E-state index contributed by atoms with van der Waals surface area (Å²) in [5.74, 6) is 0.317. The zero-order valence-corrected chi connectivity index (χ0v) is 12.8. The van der Waals surface area contributed by atoms with Crippen LogP contribution >= 0.6 is 27.3 Å². The molecule has 3 rings (SSSR count). The quantitative estimate of drug-likeness (QED) is 0.852. The second kappa shape index (κ2) is 5.73. The molecule has 1 nitrogen and oxygen atoms in total. The van der Waals surface area contributed by atoms with Gasteiger partial charge in [-0.1, -0.05) is 18.2 Å². The molecule has 100 valence electrons. The Hall–Kier alpha value is -0.710. The Morgan fingerprint density at radius 1 is 1.26 bits per heavy atom. The number of nitrogens with one attached hydrogen (secondary N) is 1. The monoisotopic (exact) mass is 339 g/mol. The Balaban J connectivity index is 1.51. The zero-order valence-electron chi connectivity index (χ0n) is 10.4. The van der Waals surface area contributed by atoms with Crippen LogP contribution in [0, 0.1) is 5.82 Å². The van der Waals surface area contributed by atoms with Crippen LogP contribution in [0.1, 0.15) is 29.2 Å². The van der Waals surface area contributed by atoms with Crippen molar-refractivity contribution in [3.8, 4) is 0 Å². The first-order valence-corrected chi connectivity index (χ1v) is 8.11. The molecule has 1 N–H and O–H groups in total. The third kappa shape index (κ3) is 2.91. The first-order valence-electron chi connectivity index (χ1n) is 6.43. The van der Waals surface area contributed by atoms with Crippen LogP contribution in [-0.4, -0.2) is 6.04 Å². The Morgan fingerprint density at radius 2 is 2.05 bits per heavy atom. The van der Waals surface area contributed by atoms with E-state index in [1.807, 2.05) is 12.1 Å². The van der Waals surface area contributed by atoms with E-state index < -0.39 is 0 Å². The van der Waals surface area contributed by atoms with Crippen molar-refractivity contribution in [3.05, 3.63) is 56.4 Å². The van der Waals surface area contributed by atoms with Crippen LogP contribution in [0.15, 0.2) is 40.2 Å². The largest absolute Gasteiger partial charge is 0.309 e. The van der Waals surface area contributed by atoms with Gasteiger partial charge in [0, 0.05) is 21.9 Å². The molecule has 1 aromatic carbocycles. The van der Waals surface area contributed by atoms with Crippen molar-refractivity contribution in [1.29, 1.82) is 0 Å². The van der Waals surface area contributed by atoms with Crippen LogP contribution in [0.2, 0.25) is 0 Å². The minimum absolute atomic E-state index is 0.0630. The molecule has 1 aliphatic carbocycles. The van der Waals surface area contributed by atoms with Crippen molar-refractivity contribution in [2.45, 2.75) is 31.3 Å². The van der Waals surface area contributed by atoms with Crippen molar-refractivity contribution in [3.63, 3.8) is 0 Å². The fourth-order valence-electron chi connectivity index (χ4n) is 2.53. The third-order valence-electron chi connectivity index (χ3n) is 3.73. The molecule has 1 heterocycles. The first kappa shape index (κ1) is 13.3.